The molecule has 4 nitrogen and oxygen atoms in total. The number of rotatable bonds is 9. The van der Waals surface area contributed by atoms with Crippen LogP contribution < -0.4 is 5.19 Å². The lowest BCUT2D eigenvalue weighted by Gasteiger charge is -2.31. The number of ether oxygens (including phenoxy) is 3. The Balaban J connectivity index is 2.64. The van der Waals surface area contributed by atoms with Crippen LogP contribution in [0.4, 0.5) is 0 Å². The first-order valence-corrected chi connectivity index (χ1v) is 7.64. The van der Waals surface area contributed by atoms with Crippen molar-refractivity contribution >= 4 is 14.9 Å². The molecule has 0 atom stereocenters. The maximum Gasteiger partial charge on any atom is 0.402 e. The quantitative estimate of drug-likeness (QED) is 0.498. The van der Waals surface area contributed by atoms with Gasteiger partial charge in [-0.1, -0.05) is 30.3 Å². The van der Waals surface area contributed by atoms with Gasteiger partial charge in [0.15, 0.2) is 0 Å². The third kappa shape index (κ3) is 4.87. The lowest BCUT2D eigenvalue weighted by molar-refractivity contribution is -0.469. The van der Waals surface area contributed by atoms with Gasteiger partial charge in [-0.2, -0.15) is 0 Å². The van der Waals surface area contributed by atoms with Crippen molar-refractivity contribution in [1.82, 2.24) is 0 Å². The summed E-state index contributed by atoms with van der Waals surface area (Å²) in [5, 5.41) is 1.18. The van der Waals surface area contributed by atoms with Crippen LogP contribution in [0.1, 0.15) is 20.8 Å². The topological polar surface area (TPSA) is 36.9 Å². The Morgan fingerprint density at radius 3 is 1.83 bits per heavy atom. The van der Waals surface area contributed by atoms with Crippen LogP contribution in [-0.4, -0.2) is 35.7 Å². The third-order valence-corrected chi connectivity index (χ3v) is 3.52. The van der Waals surface area contributed by atoms with Crippen LogP contribution in [0.5, 0.6) is 0 Å². The van der Waals surface area contributed by atoms with E-state index in [9.17, 15) is 0 Å². The summed E-state index contributed by atoms with van der Waals surface area (Å²) in [6.07, 6.45) is -1.33. The van der Waals surface area contributed by atoms with Gasteiger partial charge in [0.25, 0.3) is 0 Å². The van der Waals surface area contributed by atoms with E-state index >= 15 is 0 Å². The van der Waals surface area contributed by atoms with Gasteiger partial charge in [0.1, 0.15) is 0 Å². The van der Waals surface area contributed by atoms with E-state index in [0.29, 0.717) is 19.8 Å². The maximum absolute atomic E-state index is 5.81. The molecule has 0 aliphatic carbocycles. The van der Waals surface area contributed by atoms with Gasteiger partial charge in [-0.05, 0) is 26.0 Å². The van der Waals surface area contributed by atoms with Gasteiger partial charge in [-0.25, -0.2) is 0 Å². The molecule has 0 aromatic heterocycles. The van der Waals surface area contributed by atoms with Crippen molar-refractivity contribution in [2.75, 3.05) is 19.8 Å². The first-order valence-electron chi connectivity index (χ1n) is 6.36. The molecule has 0 N–H and O–H groups in total. The largest absolute Gasteiger partial charge is 0.402 e. The summed E-state index contributed by atoms with van der Waals surface area (Å²) in [6.45, 7) is 7.09. The SMILES string of the molecule is CCOC(OCC)(OCC)O[SiH2]c1ccccc1. The second-order valence-corrected chi connectivity index (χ2v) is 4.97. The van der Waals surface area contributed by atoms with Gasteiger partial charge in [0.2, 0.25) is 9.76 Å². The molecule has 0 unspecified atom stereocenters. The predicted molar refractivity (Wildman–Crippen MR) is 73.3 cm³/mol. The summed E-state index contributed by atoms with van der Waals surface area (Å²) >= 11 is 0. The average Bonchev–Trinajstić information content (AvgIpc) is 2.39. The van der Waals surface area contributed by atoms with Crippen LogP contribution in [0.15, 0.2) is 30.3 Å². The third-order valence-electron chi connectivity index (χ3n) is 2.22. The minimum atomic E-state index is -1.33. The Kier molecular flexibility index (Phi) is 7.15. The Labute approximate surface area is 111 Å². The Morgan fingerprint density at radius 2 is 1.39 bits per heavy atom. The highest BCUT2D eigenvalue weighted by molar-refractivity contribution is 6.46. The summed E-state index contributed by atoms with van der Waals surface area (Å²) in [4.78, 5) is 0. The molecule has 1 aromatic carbocycles. The molecule has 0 radical (unpaired) electrons. The maximum atomic E-state index is 5.81. The minimum Gasteiger partial charge on any atom is -0.347 e. The van der Waals surface area contributed by atoms with Crippen molar-refractivity contribution in [3.63, 3.8) is 0 Å². The first kappa shape index (κ1) is 15.3. The highest BCUT2D eigenvalue weighted by atomic mass is 28.2. The summed E-state index contributed by atoms with van der Waals surface area (Å²) in [5.41, 5.74) is 0. The van der Waals surface area contributed by atoms with Crippen LogP contribution in [0.25, 0.3) is 0 Å². The highest BCUT2D eigenvalue weighted by Crippen LogP contribution is 2.16. The van der Waals surface area contributed by atoms with Gasteiger partial charge in [0, 0.05) is 0 Å². The van der Waals surface area contributed by atoms with E-state index in [2.05, 4.69) is 0 Å². The van der Waals surface area contributed by atoms with Gasteiger partial charge in [-0.15, -0.1) is 0 Å². The van der Waals surface area contributed by atoms with Gasteiger partial charge >= 0.3 is 6.16 Å². The molecule has 102 valence electrons. The summed E-state index contributed by atoms with van der Waals surface area (Å²) < 4.78 is 22.3. The van der Waals surface area contributed by atoms with Gasteiger partial charge in [-0.3, -0.25) is 0 Å². The number of hydrogen-bond acceptors (Lipinski definition) is 4. The van der Waals surface area contributed by atoms with Crippen molar-refractivity contribution in [1.29, 1.82) is 0 Å². The lowest BCUT2D eigenvalue weighted by atomic mass is 10.4. The molecule has 5 heteroatoms. The van der Waals surface area contributed by atoms with Crippen molar-refractivity contribution in [3.8, 4) is 0 Å². The molecule has 0 aliphatic heterocycles. The normalized spacial score (nSPS) is 12.4. The average molecular weight is 270 g/mol. The van der Waals surface area contributed by atoms with Crippen LogP contribution in [0.2, 0.25) is 0 Å². The fourth-order valence-electron chi connectivity index (χ4n) is 1.53. The second-order valence-electron chi connectivity index (χ2n) is 3.57. The molecule has 1 aromatic rings. The fourth-order valence-corrected chi connectivity index (χ4v) is 2.58. The van der Waals surface area contributed by atoms with Crippen LogP contribution in [0.3, 0.4) is 0 Å². The monoisotopic (exact) mass is 270 g/mol. The standard InChI is InChI=1S/C13H22O4Si/c1-4-14-13(15-5-2,16-6-3)17-18-12-10-8-7-9-11-12/h7-11H,4-6,18H2,1-3H3. The second kappa shape index (κ2) is 8.39. The molecule has 1 rings (SSSR count). The van der Waals surface area contributed by atoms with Crippen LogP contribution in [0, 0.1) is 0 Å². The molecule has 0 heterocycles. The zero-order chi connectivity index (χ0) is 13.3. The molecule has 0 saturated heterocycles. The van der Waals surface area contributed by atoms with E-state index in [1.807, 2.05) is 51.1 Å². The predicted octanol–water partition coefficient (Wildman–Crippen LogP) is 1.13. The van der Waals surface area contributed by atoms with Crippen LogP contribution in [-0.2, 0) is 18.6 Å². The molecule has 0 saturated carbocycles. The molecular weight excluding hydrogens is 248 g/mol. The van der Waals surface area contributed by atoms with Crippen LogP contribution >= 0.6 is 0 Å². The summed E-state index contributed by atoms with van der Waals surface area (Å²) in [5.74, 6) is 0. The molecule has 0 amide bonds. The van der Waals surface area contributed by atoms with Crippen molar-refractivity contribution < 1.29 is 18.6 Å². The van der Waals surface area contributed by atoms with Gasteiger partial charge < -0.3 is 18.6 Å². The van der Waals surface area contributed by atoms with Crippen molar-refractivity contribution in [3.05, 3.63) is 30.3 Å². The fraction of sp³-hybridized carbons (Fsp3) is 0.538. The number of hydrogen-bond donors (Lipinski definition) is 0. The summed E-state index contributed by atoms with van der Waals surface area (Å²) in [7, 11) is -0.951. The van der Waals surface area contributed by atoms with E-state index in [0.717, 1.165) is 0 Å². The zero-order valence-corrected chi connectivity index (χ0v) is 12.8. The molecular formula is C13H22O4Si. The van der Waals surface area contributed by atoms with E-state index in [1.54, 1.807) is 0 Å². The first-order chi connectivity index (χ1) is 8.76. The van der Waals surface area contributed by atoms with Crippen molar-refractivity contribution in [2.45, 2.75) is 26.9 Å². The van der Waals surface area contributed by atoms with E-state index in [-0.39, 0.29) is 0 Å². The molecule has 0 spiro atoms. The highest BCUT2D eigenvalue weighted by Gasteiger charge is 2.34. The van der Waals surface area contributed by atoms with E-state index < -0.39 is 15.9 Å². The van der Waals surface area contributed by atoms with E-state index in [4.69, 9.17) is 18.6 Å². The molecule has 0 bridgehead atoms. The van der Waals surface area contributed by atoms with E-state index in [1.165, 1.54) is 5.19 Å². The molecule has 18 heavy (non-hydrogen) atoms. The Morgan fingerprint density at radius 1 is 0.889 bits per heavy atom. The molecule has 0 fully saturated rings. The summed E-state index contributed by atoms with van der Waals surface area (Å²) in [6, 6.07) is 10.1. The Bertz CT molecular complexity index is 301. The zero-order valence-electron chi connectivity index (χ0n) is 11.3. The van der Waals surface area contributed by atoms with Gasteiger partial charge in [0.05, 0.1) is 19.8 Å². The minimum absolute atomic E-state index is 0.475. The Hall–Kier alpha value is -0.723. The smallest absolute Gasteiger partial charge is 0.347 e. The number of benzene rings is 1. The lowest BCUT2D eigenvalue weighted by Crippen LogP contribution is -2.45. The van der Waals surface area contributed by atoms with Crippen molar-refractivity contribution in [2.24, 2.45) is 0 Å². The molecule has 0 aliphatic rings.